The summed E-state index contributed by atoms with van der Waals surface area (Å²) in [6.07, 6.45) is 6.81. The van der Waals surface area contributed by atoms with Crippen LogP contribution < -0.4 is 10.6 Å². The zero-order valence-corrected chi connectivity index (χ0v) is 13.5. The first kappa shape index (κ1) is 15.8. The molecule has 0 bridgehead atoms. The third-order valence-corrected chi connectivity index (χ3v) is 4.05. The number of aliphatic imine (C=N–C) groups is 1. The molecule has 2 rings (SSSR count). The van der Waals surface area contributed by atoms with Gasteiger partial charge < -0.3 is 15.2 Å². The topological polar surface area (TPSA) is 67.1 Å². The van der Waals surface area contributed by atoms with Gasteiger partial charge in [0.05, 0.1) is 0 Å². The van der Waals surface area contributed by atoms with Gasteiger partial charge in [-0.3, -0.25) is 4.99 Å². The van der Waals surface area contributed by atoms with Crippen molar-refractivity contribution in [1.29, 1.82) is 0 Å². The van der Waals surface area contributed by atoms with Crippen molar-refractivity contribution in [2.45, 2.75) is 65.0 Å². The lowest BCUT2D eigenvalue weighted by molar-refractivity contribution is 0.595. The number of nitrogens with zero attached hydrogens (tertiary/aromatic N) is 4. The number of hydrogen-bond donors (Lipinski definition) is 2. The van der Waals surface area contributed by atoms with Crippen LogP contribution in [0.25, 0.3) is 0 Å². The molecule has 21 heavy (non-hydrogen) atoms. The molecule has 0 aromatic carbocycles. The summed E-state index contributed by atoms with van der Waals surface area (Å²) in [7, 11) is 1.81. The van der Waals surface area contributed by atoms with E-state index in [1.165, 1.54) is 19.3 Å². The second-order valence-corrected chi connectivity index (χ2v) is 5.70. The molecule has 0 fully saturated rings. The van der Waals surface area contributed by atoms with Gasteiger partial charge in [0.1, 0.15) is 11.6 Å². The molecule has 6 nitrogen and oxygen atoms in total. The van der Waals surface area contributed by atoms with Gasteiger partial charge in [-0.1, -0.05) is 13.3 Å². The summed E-state index contributed by atoms with van der Waals surface area (Å²) in [6, 6.07) is 0.431. The Morgan fingerprint density at radius 3 is 2.95 bits per heavy atom. The molecule has 0 amide bonds. The molecule has 2 N–H and O–H groups in total. The summed E-state index contributed by atoms with van der Waals surface area (Å²) in [5.74, 6) is 3.11. The maximum Gasteiger partial charge on any atom is 0.191 e. The quantitative estimate of drug-likeness (QED) is 0.638. The van der Waals surface area contributed by atoms with E-state index in [9.17, 15) is 0 Å². The minimum absolute atomic E-state index is 0.431. The number of fused-ring (bicyclic) bond motifs is 1. The van der Waals surface area contributed by atoms with Gasteiger partial charge in [-0.15, -0.1) is 10.2 Å². The molecule has 1 aromatic heterocycles. The maximum atomic E-state index is 4.35. The third kappa shape index (κ3) is 4.44. The molecule has 6 heteroatoms. The highest BCUT2D eigenvalue weighted by atomic mass is 15.3. The summed E-state index contributed by atoms with van der Waals surface area (Å²) < 4.78 is 2.31. The van der Waals surface area contributed by atoms with Crippen LogP contribution in [0.1, 0.15) is 51.2 Å². The van der Waals surface area contributed by atoms with Gasteiger partial charge in [0, 0.05) is 39.0 Å². The van der Waals surface area contributed by atoms with Gasteiger partial charge in [0.25, 0.3) is 0 Å². The van der Waals surface area contributed by atoms with Crippen LogP contribution >= 0.6 is 0 Å². The van der Waals surface area contributed by atoms with Crippen molar-refractivity contribution in [1.82, 2.24) is 25.4 Å². The molecule has 1 atom stereocenters. The zero-order chi connectivity index (χ0) is 15.1. The highest BCUT2D eigenvalue weighted by Crippen LogP contribution is 2.14. The number of aromatic nitrogens is 3. The van der Waals surface area contributed by atoms with Crippen molar-refractivity contribution in [2.24, 2.45) is 4.99 Å². The molecule has 0 saturated heterocycles. The Hall–Kier alpha value is -1.59. The molecule has 0 radical (unpaired) electrons. The Morgan fingerprint density at radius 2 is 2.19 bits per heavy atom. The molecule has 0 aliphatic carbocycles. The second-order valence-electron chi connectivity index (χ2n) is 5.70. The Bertz CT molecular complexity index is 465. The molecule has 1 aliphatic rings. The summed E-state index contributed by atoms with van der Waals surface area (Å²) in [5, 5.41) is 15.4. The molecule has 118 valence electrons. The van der Waals surface area contributed by atoms with Gasteiger partial charge in [-0.25, -0.2) is 0 Å². The van der Waals surface area contributed by atoms with Crippen LogP contribution in [0, 0.1) is 0 Å². The van der Waals surface area contributed by atoms with Crippen LogP contribution in [0.5, 0.6) is 0 Å². The van der Waals surface area contributed by atoms with E-state index in [4.69, 9.17) is 0 Å². The first-order valence-corrected chi connectivity index (χ1v) is 8.12. The Balaban J connectivity index is 1.84. The number of guanidine groups is 1. The molecular formula is C15H28N6. The average Bonchev–Trinajstić information content (AvgIpc) is 2.73. The minimum atomic E-state index is 0.431. The molecule has 1 aliphatic heterocycles. The zero-order valence-electron chi connectivity index (χ0n) is 13.5. The Kier molecular flexibility index (Phi) is 6.02. The smallest absolute Gasteiger partial charge is 0.191 e. The lowest BCUT2D eigenvalue weighted by Gasteiger charge is -2.16. The fraction of sp³-hybridized carbons (Fsp3) is 0.800. The summed E-state index contributed by atoms with van der Waals surface area (Å²) in [5.41, 5.74) is 0. The summed E-state index contributed by atoms with van der Waals surface area (Å²) >= 11 is 0. The number of rotatable bonds is 5. The van der Waals surface area contributed by atoms with Gasteiger partial charge in [0.15, 0.2) is 5.96 Å². The van der Waals surface area contributed by atoms with Crippen LogP contribution in [0.15, 0.2) is 4.99 Å². The first-order valence-electron chi connectivity index (χ1n) is 8.12. The molecule has 0 spiro atoms. The number of aryl methyl sites for hydroxylation is 1. The molecule has 0 saturated carbocycles. The van der Waals surface area contributed by atoms with E-state index in [0.29, 0.717) is 6.04 Å². The van der Waals surface area contributed by atoms with E-state index in [0.717, 1.165) is 50.0 Å². The maximum absolute atomic E-state index is 4.35. The highest BCUT2D eigenvalue weighted by Gasteiger charge is 2.14. The van der Waals surface area contributed by atoms with Crippen LogP contribution in [0.2, 0.25) is 0 Å². The van der Waals surface area contributed by atoms with Gasteiger partial charge in [0.2, 0.25) is 0 Å². The van der Waals surface area contributed by atoms with E-state index in [-0.39, 0.29) is 0 Å². The molecule has 1 aromatic rings. The normalized spacial score (nSPS) is 17.0. The lowest BCUT2D eigenvalue weighted by atomic mass is 10.2. The molecule has 2 heterocycles. The van der Waals surface area contributed by atoms with Crippen molar-refractivity contribution >= 4 is 5.96 Å². The molecule has 1 unspecified atom stereocenters. The van der Waals surface area contributed by atoms with Gasteiger partial charge in [-0.05, 0) is 26.2 Å². The largest absolute Gasteiger partial charge is 0.356 e. The van der Waals surface area contributed by atoms with Crippen LogP contribution in [-0.4, -0.2) is 40.4 Å². The van der Waals surface area contributed by atoms with Crippen LogP contribution in [0.4, 0.5) is 0 Å². The minimum Gasteiger partial charge on any atom is -0.356 e. The van der Waals surface area contributed by atoms with E-state index in [2.05, 4.69) is 44.2 Å². The van der Waals surface area contributed by atoms with Gasteiger partial charge in [-0.2, -0.15) is 0 Å². The summed E-state index contributed by atoms with van der Waals surface area (Å²) in [6.45, 7) is 6.22. The fourth-order valence-electron chi connectivity index (χ4n) is 2.55. The van der Waals surface area contributed by atoms with E-state index < -0.39 is 0 Å². The van der Waals surface area contributed by atoms with Crippen molar-refractivity contribution in [3.8, 4) is 0 Å². The second kappa shape index (κ2) is 8.00. The van der Waals surface area contributed by atoms with Crippen molar-refractivity contribution in [3.05, 3.63) is 11.6 Å². The third-order valence-electron chi connectivity index (χ3n) is 4.05. The average molecular weight is 292 g/mol. The fourth-order valence-corrected chi connectivity index (χ4v) is 2.55. The summed E-state index contributed by atoms with van der Waals surface area (Å²) in [4.78, 5) is 4.25. The highest BCUT2D eigenvalue weighted by molar-refractivity contribution is 5.79. The SMILES string of the molecule is CCC(C)NC(=NC)NCCc1nnc2n1CCCCC2. The van der Waals surface area contributed by atoms with Crippen molar-refractivity contribution in [3.63, 3.8) is 0 Å². The van der Waals surface area contributed by atoms with Gasteiger partial charge >= 0.3 is 0 Å². The number of hydrogen-bond acceptors (Lipinski definition) is 3. The first-order chi connectivity index (χ1) is 10.2. The standard InChI is InChI=1S/C15H28N6/c1-4-12(2)18-15(16-3)17-10-9-14-20-19-13-8-6-5-7-11-21(13)14/h12H,4-11H2,1-3H3,(H2,16,17,18). The predicted octanol–water partition coefficient (Wildman–Crippen LogP) is 1.51. The predicted molar refractivity (Wildman–Crippen MR) is 85.5 cm³/mol. The van der Waals surface area contributed by atoms with E-state index in [1.807, 2.05) is 0 Å². The lowest BCUT2D eigenvalue weighted by Crippen LogP contribution is -2.42. The van der Waals surface area contributed by atoms with E-state index >= 15 is 0 Å². The molecular weight excluding hydrogens is 264 g/mol. The monoisotopic (exact) mass is 292 g/mol. The Labute approximate surface area is 127 Å². The van der Waals surface area contributed by atoms with Crippen molar-refractivity contribution < 1.29 is 0 Å². The van der Waals surface area contributed by atoms with E-state index in [1.54, 1.807) is 7.05 Å². The van der Waals surface area contributed by atoms with Crippen molar-refractivity contribution in [2.75, 3.05) is 13.6 Å². The van der Waals surface area contributed by atoms with Crippen LogP contribution in [-0.2, 0) is 19.4 Å². The van der Waals surface area contributed by atoms with Crippen LogP contribution in [0.3, 0.4) is 0 Å². The Morgan fingerprint density at radius 1 is 1.33 bits per heavy atom. The number of nitrogens with one attached hydrogen (secondary N) is 2.